The summed E-state index contributed by atoms with van der Waals surface area (Å²) in [7, 11) is 0. The number of ether oxygens (including phenoxy) is 1. The zero-order chi connectivity index (χ0) is 26.5. The van der Waals surface area contributed by atoms with Gasteiger partial charge in [-0.2, -0.15) is 0 Å². The van der Waals surface area contributed by atoms with E-state index >= 15 is 0 Å². The van der Waals surface area contributed by atoms with Crippen LogP contribution in [0.3, 0.4) is 0 Å². The molecular formula is C27H29Cl2FN2O5. The van der Waals surface area contributed by atoms with Crippen molar-refractivity contribution in [1.29, 1.82) is 0 Å². The highest BCUT2D eigenvalue weighted by Crippen LogP contribution is 2.37. The van der Waals surface area contributed by atoms with Gasteiger partial charge in [0.25, 0.3) is 0 Å². The molecule has 1 aliphatic carbocycles. The van der Waals surface area contributed by atoms with Crippen molar-refractivity contribution in [2.75, 3.05) is 19.7 Å². The molecular weight excluding hydrogens is 522 g/mol. The van der Waals surface area contributed by atoms with Crippen LogP contribution in [-0.4, -0.2) is 58.4 Å². The zero-order valence-corrected chi connectivity index (χ0v) is 21.8. The number of nitrogens with zero attached hydrogens (tertiary/aromatic N) is 2. The van der Waals surface area contributed by atoms with E-state index < -0.39 is 17.8 Å². The number of carbonyl (C=O) groups is 3. The molecule has 1 aliphatic heterocycles. The number of imide groups is 1. The number of carboxylic acids is 1. The third-order valence-electron chi connectivity index (χ3n) is 6.72. The van der Waals surface area contributed by atoms with Crippen molar-refractivity contribution in [2.45, 2.75) is 57.0 Å². The van der Waals surface area contributed by atoms with Gasteiger partial charge < -0.3 is 9.84 Å². The van der Waals surface area contributed by atoms with Crippen molar-refractivity contribution in [3.05, 3.63) is 63.4 Å². The zero-order valence-electron chi connectivity index (χ0n) is 20.3. The summed E-state index contributed by atoms with van der Waals surface area (Å²) in [5, 5.41) is 9.97. The fourth-order valence-electron chi connectivity index (χ4n) is 4.71. The van der Waals surface area contributed by atoms with E-state index in [9.17, 15) is 23.9 Å². The Kier molecular flexibility index (Phi) is 9.05. The fourth-order valence-corrected chi connectivity index (χ4v) is 5.09. The predicted molar refractivity (Wildman–Crippen MR) is 137 cm³/mol. The Morgan fingerprint density at radius 1 is 1.11 bits per heavy atom. The van der Waals surface area contributed by atoms with Crippen LogP contribution in [0.2, 0.25) is 10.0 Å². The van der Waals surface area contributed by atoms with Gasteiger partial charge in [0.15, 0.2) is 0 Å². The maximum absolute atomic E-state index is 14.1. The molecule has 1 saturated carbocycles. The summed E-state index contributed by atoms with van der Waals surface area (Å²) in [5.41, 5.74) is 1.61. The molecule has 37 heavy (non-hydrogen) atoms. The van der Waals surface area contributed by atoms with Gasteiger partial charge in [0.2, 0.25) is 11.8 Å². The maximum atomic E-state index is 14.1. The third-order valence-corrected chi connectivity index (χ3v) is 7.32. The Hall–Kier alpha value is -2.68. The van der Waals surface area contributed by atoms with Crippen LogP contribution in [0.5, 0.6) is 5.75 Å². The highest BCUT2D eigenvalue weighted by atomic mass is 35.5. The fraction of sp³-hybridized carbons (Fsp3) is 0.444. The summed E-state index contributed by atoms with van der Waals surface area (Å²) in [5.74, 6) is -1.37. The van der Waals surface area contributed by atoms with Gasteiger partial charge in [-0.05, 0) is 67.6 Å². The van der Waals surface area contributed by atoms with E-state index in [0.29, 0.717) is 22.9 Å². The van der Waals surface area contributed by atoms with E-state index in [1.807, 2.05) is 12.1 Å². The van der Waals surface area contributed by atoms with Crippen molar-refractivity contribution in [2.24, 2.45) is 0 Å². The summed E-state index contributed by atoms with van der Waals surface area (Å²) in [6.45, 7) is 1.02. The number of rotatable bonds is 13. The number of aliphatic carboxylic acids is 1. The van der Waals surface area contributed by atoms with Crippen molar-refractivity contribution in [3.8, 4) is 5.75 Å². The lowest BCUT2D eigenvalue weighted by molar-refractivity contribution is -0.140. The molecule has 2 amide bonds. The number of hydrogen-bond donors (Lipinski definition) is 1. The number of likely N-dealkylation sites (tertiary alicyclic amines) is 1. The molecule has 0 spiro atoms. The van der Waals surface area contributed by atoms with E-state index in [1.54, 1.807) is 12.1 Å². The van der Waals surface area contributed by atoms with Crippen molar-refractivity contribution in [3.63, 3.8) is 0 Å². The first kappa shape index (κ1) is 27.4. The highest BCUT2D eigenvalue weighted by molar-refractivity contribution is 6.32. The van der Waals surface area contributed by atoms with E-state index in [1.165, 1.54) is 17.0 Å². The van der Waals surface area contributed by atoms with Crippen LogP contribution in [0.1, 0.15) is 55.7 Å². The van der Waals surface area contributed by atoms with E-state index in [4.69, 9.17) is 27.9 Å². The summed E-state index contributed by atoms with van der Waals surface area (Å²) in [4.78, 5) is 38.4. The Morgan fingerprint density at radius 2 is 1.84 bits per heavy atom. The van der Waals surface area contributed by atoms with E-state index in [2.05, 4.69) is 4.90 Å². The Bertz CT molecular complexity index is 1160. The number of carboxylic acid groups (broad SMARTS) is 1. The van der Waals surface area contributed by atoms with Gasteiger partial charge >= 0.3 is 5.97 Å². The average Bonchev–Trinajstić information content (AvgIpc) is 3.64. The van der Waals surface area contributed by atoms with Gasteiger partial charge in [0, 0.05) is 24.9 Å². The molecule has 0 aromatic heterocycles. The summed E-state index contributed by atoms with van der Waals surface area (Å²) in [6, 6.07) is 9.85. The van der Waals surface area contributed by atoms with Crippen LogP contribution in [0.4, 0.5) is 4.39 Å². The van der Waals surface area contributed by atoms with Gasteiger partial charge in [-0.3, -0.25) is 24.2 Å². The van der Waals surface area contributed by atoms with Crippen LogP contribution in [0.25, 0.3) is 0 Å². The first-order valence-electron chi connectivity index (χ1n) is 12.4. The van der Waals surface area contributed by atoms with Crippen LogP contribution >= 0.6 is 23.2 Å². The lowest BCUT2D eigenvalue weighted by atomic mass is 10.0. The van der Waals surface area contributed by atoms with Gasteiger partial charge in [0.05, 0.1) is 23.0 Å². The Morgan fingerprint density at radius 3 is 2.46 bits per heavy atom. The van der Waals surface area contributed by atoms with Crippen molar-refractivity contribution < 1.29 is 28.6 Å². The minimum atomic E-state index is -0.938. The molecule has 1 atom stereocenters. The monoisotopic (exact) mass is 550 g/mol. The smallest absolute Gasteiger partial charge is 0.305 e. The van der Waals surface area contributed by atoms with Gasteiger partial charge in [0.1, 0.15) is 18.2 Å². The standard InChI is InChI=1S/C27H29Cl2FN2O5/c28-20-7-4-18(15-22(20)30)23(16-27(35)36)31(19-5-6-19)11-1-2-17-3-8-24(21(29)14-17)37-13-12-32-25(33)9-10-26(32)34/h3-4,7-8,14-15,19,23H,1-2,5-6,9-13,16H2,(H,35,36)/t23-/m1/s1. The molecule has 2 aliphatic rings. The minimum Gasteiger partial charge on any atom is -0.490 e. The van der Waals surface area contributed by atoms with Crippen LogP contribution in [0, 0.1) is 5.82 Å². The molecule has 7 nitrogen and oxygen atoms in total. The molecule has 1 N–H and O–H groups in total. The SMILES string of the molecule is O=C(O)C[C@H](c1ccc(Cl)c(F)c1)N(CCCc1ccc(OCCN2C(=O)CCC2=O)c(Cl)c1)C1CC1. The lowest BCUT2D eigenvalue weighted by Gasteiger charge is -2.31. The summed E-state index contributed by atoms with van der Waals surface area (Å²) >= 11 is 12.2. The molecule has 0 radical (unpaired) electrons. The van der Waals surface area contributed by atoms with E-state index in [0.717, 1.165) is 31.2 Å². The maximum Gasteiger partial charge on any atom is 0.305 e. The molecule has 1 heterocycles. The Labute approximate surface area is 225 Å². The van der Waals surface area contributed by atoms with Gasteiger partial charge in [-0.1, -0.05) is 35.3 Å². The van der Waals surface area contributed by atoms with Gasteiger partial charge in [-0.15, -0.1) is 0 Å². The van der Waals surface area contributed by atoms with Crippen LogP contribution in [-0.2, 0) is 20.8 Å². The molecule has 2 aromatic carbocycles. The molecule has 10 heteroatoms. The number of benzene rings is 2. The second-order valence-corrected chi connectivity index (χ2v) is 10.2. The summed E-state index contributed by atoms with van der Waals surface area (Å²) in [6.07, 6.45) is 3.83. The molecule has 2 aromatic rings. The number of hydrogen-bond acceptors (Lipinski definition) is 5. The second-order valence-electron chi connectivity index (χ2n) is 9.41. The molecule has 0 unspecified atom stereocenters. The van der Waals surface area contributed by atoms with Gasteiger partial charge in [-0.25, -0.2) is 4.39 Å². The normalized spacial score (nSPS) is 16.5. The first-order valence-corrected chi connectivity index (χ1v) is 13.2. The highest BCUT2D eigenvalue weighted by Gasteiger charge is 2.35. The number of aryl methyl sites for hydroxylation is 1. The van der Waals surface area contributed by atoms with Crippen LogP contribution < -0.4 is 4.74 Å². The predicted octanol–water partition coefficient (Wildman–Crippen LogP) is 5.27. The topological polar surface area (TPSA) is 87.2 Å². The molecule has 4 rings (SSSR count). The largest absolute Gasteiger partial charge is 0.490 e. The molecule has 1 saturated heterocycles. The Balaban J connectivity index is 1.34. The number of amides is 2. The van der Waals surface area contributed by atoms with Crippen molar-refractivity contribution >= 4 is 41.0 Å². The summed E-state index contributed by atoms with van der Waals surface area (Å²) < 4.78 is 19.8. The van der Waals surface area contributed by atoms with Crippen molar-refractivity contribution in [1.82, 2.24) is 9.80 Å². The quantitative estimate of drug-likeness (QED) is 0.342. The second kappa shape index (κ2) is 12.2. The minimum absolute atomic E-state index is 0.0122. The van der Waals surface area contributed by atoms with E-state index in [-0.39, 0.29) is 55.3 Å². The van der Waals surface area contributed by atoms with Crippen LogP contribution in [0.15, 0.2) is 36.4 Å². The average molecular weight is 551 g/mol. The first-order chi connectivity index (χ1) is 17.7. The molecule has 0 bridgehead atoms. The number of halogens is 3. The lowest BCUT2D eigenvalue weighted by Crippen LogP contribution is -2.33. The number of carbonyl (C=O) groups excluding carboxylic acids is 2. The third kappa shape index (κ3) is 7.21. The molecule has 198 valence electrons. The molecule has 2 fully saturated rings.